The number of imidazole rings is 1. The van der Waals surface area contributed by atoms with Gasteiger partial charge in [-0.15, -0.1) is 24.8 Å². The summed E-state index contributed by atoms with van der Waals surface area (Å²) in [4.78, 5) is 15.3. The minimum absolute atomic E-state index is 0. The normalized spacial score (nSPS) is 15.6. The zero-order valence-corrected chi connectivity index (χ0v) is 12.7. The fourth-order valence-corrected chi connectivity index (χ4v) is 1.93. The minimum Gasteiger partial charge on any atom is -0.480 e. The fraction of sp³-hybridized carbons (Fsp3) is 0.667. The van der Waals surface area contributed by atoms with Gasteiger partial charge in [0, 0.05) is 24.6 Å². The highest BCUT2D eigenvalue weighted by molar-refractivity contribution is 5.85. The maximum absolute atomic E-state index is 10.7. The zero-order chi connectivity index (χ0) is 12.6. The molecule has 0 unspecified atom stereocenters. The molecule has 1 aliphatic carbocycles. The fourth-order valence-electron chi connectivity index (χ4n) is 1.93. The minimum atomic E-state index is -0.975. The lowest BCUT2D eigenvalue weighted by Crippen LogP contribution is -2.32. The van der Waals surface area contributed by atoms with Crippen LogP contribution in [0.25, 0.3) is 0 Å². The van der Waals surface area contributed by atoms with Gasteiger partial charge in [-0.1, -0.05) is 0 Å². The van der Waals surface area contributed by atoms with Crippen LogP contribution >= 0.6 is 24.8 Å². The summed E-state index contributed by atoms with van der Waals surface area (Å²) < 4.78 is 2.14. The third kappa shape index (κ3) is 4.37. The number of aliphatic carboxylic acids is 1. The highest BCUT2D eigenvalue weighted by Gasteiger charge is 2.30. The summed E-state index contributed by atoms with van der Waals surface area (Å²) in [5, 5.41) is 8.79. The molecule has 2 rings (SSSR count). The van der Waals surface area contributed by atoms with Crippen molar-refractivity contribution in [3.63, 3.8) is 0 Å². The molecule has 0 radical (unpaired) electrons. The molecule has 0 amide bonds. The van der Waals surface area contributed by atoms with E-state index in [4.69, 9.17) is 10.8 Å². The summed E-state index contributed by atoms with van der Waals surface area (Å²) in [5.41, 5.74) is 6.31. The summed E-state index contributed by atoms with van der Waals surface area (Å²) in [7, 11) is 0. The first kappa shape index (κ1) is 18.2. The number of aromatic nitrogens is 2. The van der Waals surface area contributed by atoms with Gasteiger partial charge in [-0.3, -0.25) is 4.79 Å². The van der Waals surface area contributed by atoms with Crippen molar-refractivity contribution in [1.29, 1.82) is 0 Å². The first-order chi connectivity index (χ1) is 7.99. The third-order valence-electron chi connectivity index (χ3n) is 3.06. The SMILES string of the molecule is CC(C)n1cc(C[C@H](N)C(=O)O)nc1C1CC1.Cl.Cl. The number of hydrogen-bond acceptors (Lipinski definition) is 3. The Kier molecular flexibility index (Phi) is 6.83. The van der Waals surface area contributed by atoms with Crippen LogP contribution in [-0.4, -0.2) is 26.7 Å². The standard InChI is InChI=1S/C12H19N3O2.2ClH/c1-7(2)15-6-9(5-10(13)12(16)17)14-11(15)8-3-4-8;;/h6-8,10H,3-5,13H2,1-2H3,(H,16,17);2*1H/t10-;;/m0../s1. The molecule has 5 nitrogen and oxygen atoms in total. The molecule has 1 fully saturated rings. The molecule has 1 aliphatic rings. The Hall–Kier alpha value is -0.780. The molecule has 0 spiro atoms. The van der Waals surface area contributed by atoms with Crippen molar-refractivity contribution in [2.24, 2.45) is 5.73 Å². The molecule has 1 heterocycles. The second-order valence-electron chi connectivity index (χ2n) is 5.01. The van der Waals surface area contributed by atoms with Gasteiger partial charge >= 0.3 is 5.97 Å². The molecular weight excluding hydrogens is 289 g/mol. The van der Waals surface area contributed by atoms with Gasteiger partial charge < -0.3 is 15.4 Å². The number of carboxylic acid groups (broad SMARTS) is 1. The summed E-state index contributed by atoms with van der Waals surface area (Å²) >= 11 is 0. The summed E-state index contributed by atoms with van der Waals surface area (Å²) in [5.74, 6) is 0.678. The van der Waals surface area contributed by atoms with Crippen molar-refractivity contribution in [2.45, 2.75) is 51.1 Å². The van der Waals surface area contributed by atoms with E-state index < -0.39 is 12.0 Å². The molecule has 0 aromatic carbocycles. The number of nitrogens with two attached hydrogens (primary N) is 1. The van der Waals surface area contributed by atoms with Crippen LogP contribution in [0.2, 0.25) is 0 Å². The molecule has 1 saturated carbocycles. The van der Waals surface area contributed by atoms with E-state index in [0.717, 1.165) is 11.5 Å². The van der Waals surface area contributed by atoms with E-state index in [1.54, 1.807) is 0 Å². The van der Waals surface area contributed by atoms with E-state index in [0.29, 0.717) is 18.4 Å². The van der Waals surface area contributed by atoms with Crippen molar-refractivity contribution in [2.75, 3.05) is 0 Å². The first-order valence-corrected chi connectivity index (χ1v) is 6.05. The zero-order valence-electron chi connectivity index (χ0n) is 11.1. The van der Waals surface area contributed by atoms with Crippen LogP contribution in [0.3, 0.4) is 0 Å². The second-order valence-corrected chi connectivity index (χ2v) is 5.01. The lowest BCUT2D eigenvalue weighted by molar-refractivity contribution is -0.138. The molecule has 0 saturated heterocycles. The van der Waals surface area contributed by atoms with Crippen molar-refractivity contribution in [1.82, 2.24) is 9.55 Å². The quantitative estimate of drug-likeness (QED) is 0.873. The topological polar surface area (TPSA) is 81.1 Å². The Morgan fingerprint density at radius 1 is 1.53 bits per heavy atom. The molecule has 7 heteroatoms. The van der Waals surface area contributed by atoms with Crippen molar-refractivity contribution in [3.05, 3.63) is 17.7 Å². The molecule has 0 aliphatic heterocycles. The second kappa shape index (κ2) is 7.12. The molecule has 110 valence electrons. The van der Waals surface area contributed by atoms with Gasteiger partial charge in [-0.25, -0.2) is 4.98 Å². The molecule has 19 heavy (non-hydrogen) atoms. The van der Waals surface area contributed by atoms with E-state index in [1.165, 1.54) is 12.8 Å². The van der Waals surface area contributed by atoms with Gasteiger partial charge in [-0.05, 0) is 26.7 Å². The van der Waals surface area contributed by atoms with Crippen LogP contribution in [0.4, 0.5) is 0 Å². The number of nitrogens with zero attached hydrogens (tertiary/aromatic N) is 2. The molecule has 1 aromatic heterocycles. The van der Waals surface area contributed by atoms with E-state index in [2.05, 4.69) is 23.4 Å². The first-order valence-electron chi connectivity index (χ1n) is 6.05. The van der Waals surface area contributed by atoms with Crippen LogP contribution in [0, 0.1) is 0 Å². The highest BCUT2D eigenvalue weighted by Crippen LogP contribution is 2.40. The summed E-state index contributed by atoms with van der Waals surface area (Å²) in [6.45, 7) is 4.21. The van der Waals surface area contributed by atoms with Gasteiger partial charge in [0.1, 0.15) is 11.9 Å². The largest absolute Gasteiger partial charge is 0.480 e. The van der Waals surface area contributed by atoms with E-state index >= 15 is 0 Å². The Morgan fingerprint density at radius 3 is 2.53 bits per heavy atom. The van der Waals surface area contributed by atoms with Gasteiger partial charge in [0.15, 0.2) is 0 Å². The maximum Gasteiger partial charge on any atom is 0.320 e. The smallest absolute Gasteiger partial charge is 0.320 e. The maximum atomic E-state index is 10.7. The van der Waals surface area contributed by atoms with Crippen molar-refractivity contribution >= 4 is 30.8 Å². The van der Waals surface area contributed by atoms with Gasteiger partial charge in [0.25, 0.3) is 0 Å². The van der Waals surface area contributed by atoms with Gasteiger partial charge in [-0.2, -0.15) is 0 Å². The average Bonchev–Trinajstić information content (AvgIpc) is 3.00. The molecule has 1 aromatic rings. The highest BCUT2D eigenvalue weighted by atomic mass is 35.5. The number of halogens is 2. The lowest BCUT2D eigenvalue weighted by Gasteiger charge is -2.10. The van der Waals surface area contributed by atoms with Gasteiger partial charge in [0.05, 0.1) is 5.69 Å². The Bertz CT molecular complexity index is 411. The van der Waals surface area contributed by atoms with Gasteiger partial charge in [0.2, 0.25) is 0 Å². The molecule has 1 atom stereocenters. The Balaban J connectivity index is 0.00000162. The summed E-state index contributed by atoms with van der Waals surface area (Å²) in [6.07, 6.45) is 4.62. The average molecular weight is 310 g/mol. The van der Waals surface area contributed by atoms with E-state index in [9.17, 15) is 4.79 Å². The summed E-state index contributed by atoms with van der Waals surface area (Å²) in [6, 6.07) is -0.509. The number of carbonyl (C=O) groups is 1. The van der Waals surface area contributed by atoms with E-state index in [-0.39, 0.29) is 24.8 Å². The van der Waals surface area contributed by atoms with Crippen LogP contribution < -0.4 is 5.73 Å². The number of rotatable bonds is 5. The van der Waals surface area contributed by atoms with E-state index in [1.807, 2.05) is 6.20 Å². The van der Waals surface area contributed by atoms with Crippen LogP contribution in [-0.2, 0) is 11.2 Å². The molecular formula is C12H21Cl2N3O2. The van der Waals surface area contributed by atoms with Crippen molar-refractivity contribution in [3.8, 4) is 0 Å². The predicted molar refractivity (Wildman–Crippen MR) is 78.4 cm³/mol. The third-order valence-corrected chi connectivity index (χ3v) is 3.06. The monoisotopic (exact) mass is 309 g/mol. The van der Waals surface area contributed by atoms with Crippen LogP contribution in [0.1, 0.15) is 50.2 Å². The van der Waals surface area contributed by atoms with Crippen molar-refractivity contribution < 1.29 is 9.90 Å². The number of hydrogen-bond donors (Lipinski definition) is 2. The molecule has 3 N–H and O–H groups in total. The Morgan fingerprint density at radius 2 is 2.11 bits per heavy atom. The Labute approximate surface area is 125 Å². The predicted octanol–water partition coefficient (Wildman–Crippen LogP) is 2.14. The molecule has 0 bridgehead atoms. The van der Waals surface area contributed by atoms with Crippen LogP contribution in [0.5, 0.6) is 0 Å². The number of carboxylic acids is 1. The van der Waals surface area contributed by atoms with Crippen LogP contribution in [0.15, 0.2) is 6.20 Å². The lowest BCUT2D eigenvalue weighted by atomic mass is 10.2.